The Labute approximate surface area is 341 Å². The van der Waals surface area contributed by atoms with Gasteiger partial charge in [0.25, 0.3) is 0 Å². The fourth-order valence-corrected chi connectivity index (χ4v) is 8.35. The second-order valence-electron chi connectivity index (χ2n) is 15.4. The lowest BCUT2D eigenvalue weighted by Gasteiger charge is -2.13. The minimum atomic E-state index is -4.20. The molecule has 320 valence electrons. The van der Waals surface area contributed by atoms with E-state index in [1.165, 1.54) is 141 Å². The zero-order valence-corrected chi connectivity index (χ0v) is 37.0. The van der Waals surface area contributed by atoms with E-state index in [2.05, 4.69) is 13.8 Å². The van der Waals surface area contributed by atoms with Gasteiger partial charge in [-0.15, -0.1) is 0 Å². The van der Waals surface area contributed by atoms with Crippen molar-refractivity contribution >= 4 is 27.8 Å². The topological polar surface area (TPSA) is 112 Å². The van der Waals surface area contributed by atoms with Crippen molar-refractivity contribution in [3.63, 3.8) is 0 Å². The number of unbranched alkanes of at least 4 members (excludes halogenated alkanes) is 26. The van der Waals surface area contributed by atoms with E-state index in [0.29, 0.717) is 0 Å². The van der Waals surface area contributed by atoms with Crippen LogP contribution in [0.4, 0.5) is 0 Å². The molecular formula is C46H78O8P2. The van der Waals surface area contributed by atoms with Crippen LogP contribution in [-0.2, 0) is 18.2 Å². The van der Waals surface area contributed by atoms with Gasteiger partial charge < -0.3 is 9.05 Å². The van der Waals surface area contributed by atoms with E-state index in [4.69, 9.17) is 18.1 Å². The van der Waals surface area contributed by atoms with E-state index in [1.807, 2.05) is 12.2 Å². The Bertz CT molecular complexity index is 1230. The molecule has 0 amide bonds. The lowest BCUT2D eigenvalue weighted by atomic mass is 10.0. The Morgan fingerprint density at radius 3 is 0.875 bits per heavy atom. The summed E-state index contributed by atoms with van der Waals surface area (Å²) >= 11 is 0. The highest BCUT2D eigenvalue weighted by Crippen LogP contribution is 2.45. The molecule has 0 aliphatic carbocycles. The van der Waals surface area contributed by atoms with Gasteiger partial charge in [-0.2, -0.15) is 0 Å². The molecule has 0 fully saturated rings. The fourth-order valence-electron chi connectivity index (χ4n) is 6.74. The van der Waals surface area contributed by atoms with Crippen LogP contribution in [0.1, 0.15) is 205 Å². The number of hydrogen-bond donors (Lipinski definition) is 2. The summed E-state index contributed by atoms with van der Waals surface area (Å²) < 4.78 is 45.8. The molecule has 0 aliphatic rings. The molecule has 2 N–H and O–H groups in total. The lowest BCUT2D eigenvalue weighted by Crippen LogP contribution is -1.99. The third-order valence-electron chi connectivity index (χ3n) is 10.2. The summed E-state index contributed by atoms with van der Waals surface area (Å²) in [5.41, 5.74) is 1.73. The van der Waals surface area contributed by atoms with Gasteiger partial charge in [0.2, 0.25) is 0 Å². The molecule has 0 radical (unpaired) electrons. The first-order valence-electron chi connectivity index (χ1n) is 22.4. The summed E-state index contributed by atoms with van der Waals surface area (Å²) in [5.74, 6) is 0.519. The highest BCUT2D eigenvalue weighted by molar-refractivity contribution is 7.48. The zero-order chi connectivity index (χ0) is 40.4. The van der Waals surface area contributed by atoms with Crippen LogP contribution in [0, 0.1) is 0 Å². The molecule has 0 spiro atoms. The molecule has 2 unspecified atom stereocenters. The van der Waals surface area contributed by atoms with Crippen molar-refractivity contribution in [3.8, 4) is 11.5 Å². The molecule has 0 bridgehead atoms. The first kappa shape index (κ1) is 50.2. The van der Waals surface area contributed by atoms with Crippen molar-refractivity contribution in [2.75, 3.05) is 13.2 Å². The van der Waals surface area contributed by atoms with Crippen LogP contribution in [0.15, 0.2) is 48.5 Å². The maximum Gasteiger partial charge on any atom is 0.527 e. The van der Waals surface area contributed by atoms with Crippen LogP contribution in [0.25, 0.3) is 12.2 Å². The molecule has 10 heteroatoms. The molecule has 0 saturated heterocycles. The standard InChI is InChI=1S/C46H78O8P2/c1-3-5-7-9-11-13-15-17-19-21-23-25-27-29-41-51-55(47,48)53-45-37-33-43(34-38-45)31-32-44-35-39-46(40-36-44)54-56(49,50)52-42-30-28-26-24-22-20-18-16-14-12-10-8-6-4-2/h31-40H,3-30,41-42H2,1-2H3,(H,47,48)(H,49,50)/b32-31-. The maximum atomic E-state index is 12.4. The smallest absolute Gasteiger partial charge is 0.404 e. The minimum Gasteiger partial charge on any atom is -0.404 e. The molecule has 0 heterocycles. The summed E-state index contributed by atoms with van der Waals surface area (Å²) in [6.07, 6.45) is 38.7. The van der Waals surface area contributed by atoms with E-state index in [1.54, 1.807) is 48.5 Å². The third-order valence-corrected chi connectivity index (χ3v) is 12.1. The van der Waals surface area contributed by atoms with Crippen LogP contribution < -0.4 is 9.05 Å². The minimum absolute atomic E-state index is 0.193. The summed E-state index contributed by atoms with van der Waals surface area (Å²) in [6.45, 7) is 4.90. The van der Waals surface area contributed by atoms with Crippen molar-refractivity contribution in [2.24, 2.45) is 0 Å². The van der Waals surface area contributed by atoms with Crippen molar-refractivity contribution in [1.82, 2.24) is 0 Å². The first-order chi connectivity index (χ1) is 27.2. The lowest BCUT2D eigenvalue weighted by molar-refractivity contribution is 0.198. The fraction of sp³-hybridized carbons (Fsp3) is 0.696. The molecular weight excluding hydrogens is 742 g/mol. The van der Waals surface area contributed by atoms with Crippen molar-refractivity contribution in [3.05, 3.63) is 59.7 Å². The largest absolute Gasteiger partial charge is 0.527 e. The van der Waals surface area contributed by atoms with E-state index < -0.39 is 15.6 Å². The second kappa shape index (κ2) is 33.0. The van der Waals surface area contributed by atoms with Crippen LogP contribution in [0.2, 0.25) is 0 Å². The summed E-state index contributed by atoms with van der Waals surface area (Å²) in [4.78, 5) is 20.3. The average molecular weight is 821 g/mol. The third kappa shape index (κ3) is 28.5. The van der Waals surface area contributed by atoms with Crippen LogP contribution >= 0.6 is 15.6 Å². The van der Waals surface area contributed by atoms with E-state index in [9.17, 15) is 18.9 Å². The van der Waals surface area contributed by atoms with Gasteiger partial charge in [-0.05, 0) is 48.2 Å². The SMILES string of the molecule is CCCCCCCCCCCCCCCCOP(=O)(O)Oc1ccc(/C=C\c2ccc(OP(=O)(O)OCCCCCCCCCCCCCCCC)cc2)cc1. The maximum absolute atomic E-state index is 12.4. The van der Waals surface area contributed by atoms with Crippen molar-refractivity contribution in [1.29, 1.82) is 0 Å². The monoisotopic (exact) mass is 821 g/mol. The highest BCUT2D eigenvalue weighted by Gasteiger charge is 2.23. The van der Waals surface area contributed by atoms with Gasteiger partial charge in [0.05, 0.1) is 13.2 Å². The van der Waals surface area contributed by atoms with Crippen LogP contribution in [0.5, 0.6) is 11.5 Å². The van der Waals surface area contributed by atoms with Crippen LogP contribution in [-0.4, -0.2) is 23.0 Å². The molecule has 2 aromatic rings. The molecule has 2 aromatic carbocycles. The Balaban J connectivity index is 1.53. The summed E-state index contributed by atoms with van der Waals surface area (Å²) in [6, 6.07) is 13.7. The number of phosphoric acid groups is 2. The summed E-state index contributed by atoms with van der Waals surface area (Å²) in [7, 11) is -8.39. The van der Waals surface area contributed by atoms with Gasteiger partial charge in [-0.25, -0.2) is 9.13 Å². The van der Waals surface area contributed by atoms with Gasteiger partial charge in [0, 0.05) is 0 Å². The molecule has 8 nitrogen and oxygen atoms in total. The predicted molar refractivity (Wildman–Crippen MR) is 235 cm³/mol. The number of benzene rings is 2. The van der Waals surface area contributed by atoms with Gasteiger partial charge in [0.1, 0.15) is 11.5 Å². The Kier molecular flexibility index (Phi) is 29.6. The molecule has 0 aliphatic heterocycles. The zero-order valence-electron chi connectivity index (χ0n) is 35.2. The van der Waals surface area contributed by atoms with Gasteiger partial charge in [0.15, 0.2) is 0 Å². The Morgan fingerprint density at radius 1 is 0.393 bits per heavy atom. The predicted octanol–water partition coefficient (Wildman–Crippen LogP) is 15.8. The Hall–Kier alpha value is -1.92. The average Bonchev–Trinajstić information content (AvgIpc) is 3.18. The Morgan fingerprint density at radius 2 is 0.625 bits per heavy atom. The normalized spacial score (nSPS) is 13.9. The number of rotatable bonds is 38. The number of hydrogen-bond acceptors (Lipinski definition) is 6. The first-order valence-corrected chi connectivity index (χ1v) is 25.4. The molecule has 2 atom stereocenters. The summed E-state index contributed by atoms with van der Waals surface area (Å²) in [5, 5.41) is 0. The van der Waals surface area contributed by atoms with Gasteiger partial charge in [-0.1, -0.05) is 217 Å². The second-order valence-corrected chi connectivity index (χ2v) is 18.2. The molecule has 56 heavy (non-hydrogen) atoms. The van der Waals surface area contributed by atoms with Gasteiger partial charge in [-0.3, -0.25) is 18.8 Å². The molecule has 0 saturated carbocycles. The molecule has 2 rings (SSSR count). The quantitative estimate of drug-likeness (QED) is 0.0391. The van der Waals surface area contributed by atoms with E-state index in [-0.39, 0.29) is 24.7 Å². The number of phosphoric ester groups is 2. The van der Waals surface area contributed by atoms with Crippen molar-refractivity contribution in [2.45, 2.75) is 194 Å². The molecule has 0 aromatic heterocycles. The van der Waals surface area contributed by atoms with Gasteiger partial charge >= 0.3 is 15.6 Å². The van der Waals surface area contributed by atoms with E-state index >= 15 is 0 Å². The van der Waals surface area contributed by atoms with E-state index in [0.717, 1.165) is 49.7 Å². The highest BCUT2D eigenvalue weighted by atomic mass is 31.2. The van der Waals surface area contributed by atoms with Crippen LogP contribution in [0.3, 0.4) is 0 Å². The van der Waals surface area contributed by atoms with Crippen molar-refractivity contribution < 1.29 is 37.0 Å².